The average molecular weight is 692 g/mol. The van der Waals surface area contributed by atoms with Crippen LogP contribution in [0.4, 0.5) is 43.3 Å². The first-order chi connectivity index (χ1) is 21.1. The lowest BCUT2D eigenvalue weighted by atomic mass is 10.0. The second-order valence-electron chi connectivity index (χ2n) is 11.5. The van der Waals surface area contributed by atoms with Crippen LogP contribution in [0, 0.1) is 11.6 Å². The van der Waals surface area contributed by atoms with Crippen LogP contribution in [0.2, 0.25) is 0 Å². The van der Waals surface area contributed by atoms with E-state index < -0.39 is 21.7 Å². The van der Waals surface area contributed by atoms with Gasteiger partial charge in [0, 0.05) is 70.2 Å². The Kier molecular flexibility index (Phi) is 8.95. The van der Waals surface area contributed by atoms with Gasteiger partial charge in [-0.1, -0.05) is 19.1 Å². The Hall–Kier alpha value is -3.07. The highest BCUT2D eigenvalue weighted by molar-refractivity contribution is 9.10. The number of nitrogens with one attached hydrogen (secondary N) is 2. The summed E-state index contributed by atoms with van der Waals surface area (Å²) in [5.41, 5.74) is 2.22. The maximum Gasteiger partial charge on any atom is 0.232 e. The lowest BCUT2D eigenvalue weighted by Gasteiger charge is -2.43. The van der Waals surface area contributed by atoms with Crippen molar-refractivity contribution in [2.75, 3.05) is 78.5 Å². The van der Waals surface area contributed by atoms with Gasteiger partial charge >= 0.3 is 0 Å². The molecule has 0 atom stereocenters. The molecule has 0 unspecified atom stereocenters. The van der Waals surface area contributed by atoms with Crippen molar-refractivity contribution in [3.05, 3.63) is 58.2 Å². The van der Waals surface area contributed by atoms with Gasteiger partial charge in [-0.3, -0.25) is 9.21 Å². The van der Waals surface area contributed by atoms with Crippen LogP contribution in [-0.2, 0) is 16.4 Å². The van der Waals surface area contributed by atoms with Crippen molar-refractivity contribution in [3.8, 4) is 0 Å². The third kappa shape index (κ3) is 6.49. The Morgan fingerprint density at radius 1 is 0.977 bits per heavy atom. The van der Waals surface area contributed by atoms with E-state index in [-0.39, 0.29) is 17.3 Å². The van der Waals surface area contributed by atoms with Gasteiger partial charge in [-0.15, -0.1) is 0 Å². The van der Waals surface area contributed by atoms with Gasteiger partial charge in [-0.25, -0.2) is 22.2 Å². The molecule has 2 fully saturated rings. The molecular weight excluding hydrogens is 654 g/mol. The summed E-state index contributed by atoms with van der Waals surface area (Å²) >= 11 is 3.43. The number of benzene rings is 2. The molecule has 4 heterocycles. The fourth-order valence-corrected chi connectivity index (χ4v) is 7.67. The number of sulfonamides is 1. The number of nitrogens with zero attached hydrogens (tertiary/aromatic N) is 6. The number of halogens is 3. The maximum atomic E-state index is 15.4. The molecule has 1 aromatic heterocycles. The van der Waals surface area contributed by atoms with Crippen molar-refractivity contribution in [2.45, 2.75) is 32.2 Å². The third-order valence-electron chi connectivity index (χ3n) is 8.81. The SMILES string of the molecule is CCN1CCN(C2CCN(c3cc(F)c(Nc4ncc(Br)c(Nc5cccc6c5N(S(C)(=O)=O)CC6)n4)cc3F)CC2)CC1. The van der Waals surface area contributed by atoms with Crippen molar-refractivity contribution in [2.24, 2.45) is 0 Å². The summed E-state index contributed by atoms with van der Waals surface area (Å²) in [5.74, 6) is -0.726. The van der Waals surface area contributed by atoms with Gasteiger partial charge < -0.3 is 20.4 Å². The lowest BCUT2D eigenvalue weighted by molar-refractivity contribution is 0.0878. The molecule has 0 saturated carbocycles. The number of hydrogen-bond donors (Lipinski definition) is 2. The normalized spacial score (nSPS) is 18.5. The standard InChI is InChI=1S/C30H37BrF2N8O2S/c1-3-38-13-15-39(16-14-38)21-8-10-40(11-9-21)27-18-23(32)26(17-24(27)33)36-30-34-19-22(31)29(37-30)35-25-6-4-5-20-7-12-41(28(20)25)44(2,42)43/h4-6,17-19,21H,3,7-16H2,1-2H3,(H2,34,35,36,37). The van der Waals surface area contributed by atoms with E-state index in [9.17, 15) is 8.42 Å². The van der Waals surface area contributed by atoms with Gasteiger partial charge in [0.1, 0.15) is 17.5 Å². The second kappa shape index (κ2) is 12.7. The molecule has 0 radical (unpaired) electrons. The highest BCUT2D eigenvalue weighted by Crippen LogP contribution is 2.39. The predicted molar refractivity (Wildman–Crippen MR) is 174 cm³/mol. The van der Waals surface area contributed by atoms with Crippen molar-refractivity contribution in [3.63, 3.8) is 0 Å². The van der Waals surface area contributed by atoms with E-state index in [1.165, 1.54) is 22.8 Å². The van der Waals surface area contributed by atoms with Crippen LogP contribution in [0.25, 0.3) is 0 Å². The summed E-state index contributed by atoms with van der Waals surface area (Å²) < 4.78 is 57.4. The van der Waals surface area contributed by atoms with Crippen LogP contribution >= 0.6 is 15.9 Å². The first kappa shape index (κ1) is 30.9. The highest BCUT2D eigenvalue weighted by Gasteiger charge is 2.30. The van der Waals surface area contributed by atoms with Crippen molar-refractivity contribution in [1.82, 2.24) is 19.8 Å². The molecule has 0 bridgehead atoms. The number of anilines is 6. The van der Waals surface area contributed by atoms with Crippen LogP contribution < -0.4 is 19.8 Å². The molecule has 2 N–H and O–H groups in total. The number of rotatable bonds is 8. The maximum absolute atomic E-state index is 15.4. The summed E-state index contributed by atoms with van der Waals surface area (Å²) in [6, 6.07) is 8.37. The van der Waals surface area contributed by atoms with E-state index in [1.54, 1.807) is 6.07 Å². The molecule has 6 rings (SSSR count). The van der Waals surface area contributed by atoms with Crippen molar-refractivity contribution < 1.29 is 17.2 Å². The van der Waals surface area contributed by atoms with Gasteiger partial charge in [0.15, 0.2) is 0 Å². The van der Waals surface area contributed by atoms with Crippen molar-refractivity contribution >= 4 is 60.5 Å². The first-order valence-electron chi connectivity index (χ1n) is 15.0. The molecule has 3 aliphatic rings. The average Bonchev–Trinajstić information content (AvgIpc) is 3.47. The number of piperazine rings is 1. The van der Waals surface area contributed by atoms with Gasteiger partial charge in [0.25, 0.3) is 0 Å². The van der Waals surface area contributed by atoms with E-state index >= 15 is 8.78 Å². The molecule has 0 spiro atoms. The Bertz CT molecular complexity index is 1630. The lowest BCUT2D eigenvalue weighted by Crippen LogP contribution is -2.53. The van der Waals surface area contributed by atoms with E-state index in [4.69, 9.17) is 0 Å². The van der Waals surface area contributed by atoms with E-state index in [0.29, 0.717) is 53.8 Å². The third-order valence-corrected chi connectivity index (χ3v) is 10.6. The van der Waals surface area contributed by atoms with Crippen LogP contribution in [0.1, 0.15) is 25.3 Å². The predicted octanol–water partition coefficient (Wildman–Crippen LogP) is 4.93. The largest absolute Gasteiger partial charge is 0.369 e. The zero-order valence-electron chi connectivity index (χ0n) is 24.9. The molecule has 3 aliphatic heterocycles. The summed E-state index contributed by atoms with van der Waals surface area (Å²) in [4.78, 5) is 15.6. The van der Waals surface area contributed by atoms with Gasteiger partial charge in [0.2, 0.25) is 16.0 Å². The number of likely N-dealkylation sites (N-methyl/N-ethyl adjacent to an activating group) is 1. The Morgan fingerprint density at radius 3 is 2.43 bits per heavy atom. The summed E-state index contributed by atoms with van der Waals surface area (Å²) in [5, 5.41) is 5.99. The summed E-state index contributed by atoms with van der Waals surface area (Å²) in [6.07, 6.45) is 5.11. The Balaban J connectivity index is 1.14. The number of hydrogen-bond acceptors (Lipinski definition) is 9. The number of aromatic nitrogens is 2. The monoisotopic (exact) mass is 690 g/mol. The summed E-state index contributed by atoms with van der Waals surface area (Å²) in [7, 11) is -3.47. The van der Waals surface area contributed by atoms with Crippen molar-refractivity contribution in [1.29, 1.82) is 0 Å². The van der Waals surface area contributed by atoms with Crippen LogP contribution in [0.15, 0.2) is 41.0 Å². The van der Waals surface area contributed by atoms with Crippen LogP contribution in [0.3, 0.4) is 0 Å². The molecule has 10 nitrogen and oxygen atoms in total. The molecule has 14 heteroatoms. The molecule has 2 saturated heterocycles. The minimum absolute atomic E-state index is 0.0540. The Labute approximate surface area is 265 Å². The minimum Gasteiger partial charge on any atom is -0.369 e. The fourth-order valence-electron chi connectivity index (χ4n) is 6.41. The zero-order chi connectivity index (χ0) is 31.0. The summed E-state index contributed by atoms with van der Waals surface area (Å²) in [6.45, 7) is 9.26. The Morgan fingerprint density at radius 2 is 1.73 bits per heavy atom. The fraction of sp³-hybridized carbons (Fsp3) is 0.467. The van der Waals surface area contributed by atoms with Crippen LogP contribution in [0.5, 0.6) is 0 Å². The molecule has 44 heavy (non-hydrogen) atoms. The molecule has 2 aromatic carbocycles. The first-order valence-corrected chi connectivity index (χ1v) is 17.6. The second-order valence-corrected chi connectivity index (χ2v) is 14.3. The van der Waals surface area contributed by atoms with Crippen LogP contribution in [-0.4, -0.2) is 92.8 Å². The molecule has 3 aromatic rings. The van der Waals surface area contributed by atoms with E-state index in [0.717, 1.165) is 57.2 Å². The molecule has 0 amide bonds. The van der Waals surface area contributed by atoms with Gasteiger partial charge in [-0.2, -0.15) is 4.98 Å². The molecule has 0 aliphatic carbocycles. The molecule has 236 valence electrons. The topological polar surface area (TPSA) is 96.9 Å². The molecular formula is C30H37BrF2N8O2S. The number of fused-ring (bicyclic) bond motifs is 1. The highest BCUT2D eigenvalue weighted by atomic mass is 79.9. The van der Waals surface area contributed by atoms with E-state index in [2.05, 4.69) is 53.3 Å². The number of para-hydroxylation sites is 1. The quantitative estimate of drug-likeness (QED) is 0.341. The minimum atomic E-state index is -3.47. The smallest absolute Gasteiger partial charge is 0.232 e. The van der Waals surface area contributed by atoms with Gasteiger partial charge in [-0.05, 0) is 53.4 Å². The zero-order valence-corrected chi connectivity index (χ0v) is 27.3. The van der Waals surface area contributed by atoms with E-state index in [1.807, 2.05) is 17.0 Å². The van der Waals surface area contributed by atoms with Gasteiger partial charge in [0.05, 0.1) is 33.5 Å². The number of piperidine rings is 1.